The number of hydrogen-bond donors (Lipinski definition) is 1. The summed E-state index contributed by atoms with van der Waals surface area (Å²) in [4.78, 5) is 23.6. The normalized spacial score (nSPS) is 11.9. The van der Waals surface area contributed by atoms with Crippen LogP contribution in [0.25, 0.3) is 12.2 Å². The van der Waals surface area contributed by atoms with E-state index in [0.29, 0.717) is 16.1 Å². The zero-order valence-electron chi connectivity index (χ0n) is 15.4. The van der Waals surface area contributed by atoms with Gasteiger partial charge in [-0.1, -0.05) is 78.4 Å². The first kappa shape index (κ1) is 19.6. The number of halogens is 1. The van der Waals surface area contributed by atoms with Gasteiger partial charge in [0.1, 0.15) is 6.29 Å². The van der Waals surface area contributed by atoms with Crippen LogP contribution < -0.4 is 5.32 Å². The Hall–Kier alpha value is -3.17. The Morgan fingerprint density at radius 1 is 0.893 bits per heavy atom. The molecule has 0 saturated carbocycles. The van der Waals surface area contributed by atoms with Gasteiger partial charge < -0.3 is 5.32 Å². The second-order valence-electron chi connectivity index (χ2n) is 6.45. The highest BCUT2D eigenvalue weighted by Gasteiger charge is 2.13. The Morgan fingerprint density at radius 3 is 2.21 bits per heavy atom. The summed E-state index contributed by atoms with van der Waals surface area (Å²) in [5, 5.41) is 3.70. The van der Waals surface area contributed by atoms with Crippen LogP contribution in [-0.4, -0.2) is 12.2 Å². The van der Waals surface area contributed by atoms with Gasteiger partial charge in [-0.05, 0) is 41.8 Å². The van der Waals surface area contributed by atoms with Crippen molar-refractivity contribution >= 4 is 35.9 Å². The lowest BCUT2D eigenvalue weighted by Gasteiger charge is -2.15. The van der Waals surface area contributed by atoms with E-state index >= 15 is 0 Å². The van der Waals surface area contributed by atoms with Gasteiger partial charge in [0.25, 0.3) is 5.91 Å². The fourth-order valence-electron chi connectivity index (χ4n) is 2.83. The molecule has 0 heterocycles. The van der Waals surface area contributed by atoms with E-state index in [4.69, 9.17) is 11.6 Å². The van der Waals surface area contributed by atoms with Crippen molar-refractivity contribution in [2.24, 2.45) is 0 Å². The summed E-state index contributed by atoms with van der Waals surface area (Å²) in [6.07, 6.45) is 4.67. The number of hydrogen-bond acceptors (Lipinski definition) is 2. The van der Waals surface area contributed by atoms with Crippen LogP contribution in [0.5, 0.6) is 0 Å². The van der Waals surface area contributed by atoms with Gasteiger partial charge in [0.15, 0.2) is 0 Å². The number of carbonyl (C=O) groups excluding carboxylic acids is 2. The van der Waals surface area contributed by atoms with Crippen molar-refractivity contribution in [1.82, 2.24) is 5.32 Å². The van der Waals surface area contributed by atoms with E-state index in [9.17, 15) is 9.59 Å². The molecule has 0 saturated heterocycles. The van der Waals surface area contributed by atoms with Crippen LogP contribution in [-0.2, 0) is 0 Å². The molecule has 140 valence electrons. The highest BCUT2D eigenvalue weighted by Crippen LogP contribution is 2.18. The molecule has 0 aliphatic carbocycles. The van der Waals surface area contributed by atoms with E-state index in [1.54, 1.807) is 18.2 Å². The molecule has 3 aromatic rings. The molecule has 4 heteroatoms. The molecule has 0 aliphatic heterocycles. The molecule has 0 radical (unpaired) electrons. The summed E-state index contributed by atoms with van der Waals surface area (Å²) < 4.78 is 0. The maximum Gasteiger partial charge on any atom is 0.252 e. The number of benzene rings is 3. The van der Waals surface area contributed by atoms with Crippen LogP contribution in [0.15, 0.2) is 72.8 Å². The maximum absolute atomic E-state index is 12.8. The van der Waals surface area contributed by atoms with Gasteiger partial charge in [0, 0.05) is 16.1 Å². The predicted molar refractivity (Wildman–Crippen MR) is 115 cm³/mol. The molecule has 28 heavy (non-hydrogen) atoms. The molecule has 1 atom stereocenters. The third-order valence-electron chi connectivity index (χ3n) is 4.45. The smallest absolute Gasteiger partial charge is 0.252 e. The molecule has 3 aromatic carbocycles. The van der Waals surface area contributed by atoms with E-state index < -0.39 is 0 Å². The van der Waals surface area contributed by atoms with Crippen molar-refractivity contribution in [3.05, 3.63) is 106 Å². The average Bonchev–Trinajstić information content (AvgIpc) is 2.73. The van der Waals surface area contributed by atoms with E-state index in [1.807, 2.05) is 73.7 Å². The summed E-state index contributed by atoms with van der Waals surface area (Å²) in [6, 6.07) is 22.0. The van der Waals surface area contributed by atoms with Gasteiger partial charge >= 0.3 is 0 Å². The number of rotatable bonds is 6. The molecule has 1 amide bonds. The quantitative estimate of drug-likeness (QED) is 0.427. The van der Waals surface area contributed by atoms with Crippen LogP contribution in [0.3, 0.4) is 0 Å². The monoisotopic (exact) mass is 389 g/mol. The fraction of sp³-hybridized carbons (Fsp3) is 0.0833. The van der Waals surface area contributed by atoms with Crippen LogP contribution in [0.2, 0.25) is 5.02 Å². The first-order chi connectivity index (χ1) is 13.6. The Labute approximate surface area is 169 Å². The van der Waals surface area contributed by atoms with Crippen LogP contribution >= 0.6 is 11.6 Å². The second-order valence-corrected chi connectivity index (χ2v) is 6.89. The maximum atomic E-state index is 12.8. The van der Waals surface area contributed by atoms with Gasteiger partial charge in [-0.3, -0.25) is 9.59 Å². The summed E-state index contributed by atoms with van der Waals surface area (Å²) in [6.45, 7) is 1.92. The minimum atomic E-state index is -0.179. The summed E-state index contributed by atoms with van der Waals surface area (Å²) in [5.41, 5.74) is 3.99. The summed E-state index contributed by atoms with van der Waals surface area (Å²) >= 11 is 5.92. The van der Waals surface area contributed by atoms with Crippen molar-refractivity contribution in [3.63, 3.8) is 0 Å². The van der Waals surface area contributed by atoms with Crippen molar-refractivity contribution in [2.75, 3.05) is 0 Å². The molecule has 0 fully saturated rings. The summed E-state index contributed by atoms with van der Waals surface area (Å²) in [5.74, 6) is -0.150. The van der Waals surface area contributed by atoms with Crippen molar-refractivity contribution < 1.29 is 9.59 Å². The third kappa shape index (κ3) is 4.96. The average molecular weight is 390 g/mol. The predicted octanol–water partition coefficient (Wildman–Crippen LogP) is 5.81. The van der Waals surface area contributed by atoms with Crippen molar-refractivity contribution in [1.29, 1.82) is 0 Å². The fourth-order valence-corrected chi connectivity index (χ4v) is 2.96. The molecule has 3 nitrogen and oxygen atoms in total. The number of carbonyl (C=O) groups is 2. The van der Waals surface area contributed by atoms with Crippen LogP contribution in [0, 0.1) is 0 Å². The number of aldehydes is 1. The van der Waals surface area contributed by atoms with E-state index in [1.165, 1.54) is 0 Å². The lowest BCUT2D eigenvalue weighted by atomic mass is 10.0. The van der Waals surface area contributed by atoms with Crippen LogP contribution in [0.4, 0.5) is 0 Å². The minimum absolute atomic E-state index is 0.150. The first-order valence-electron chi connectivity index (χ1n) is 8.95. The lowest BCUT2D eigenvalue weighted by molar-refractivity contribution is 0.0939. The lowest BCUT2D eigenvalue weighted by Crippen LogP contribution is -2.27. The second kappa shape index (κ2) is 9.16. The zero-order valence-corrected chi connectivity index (χ0v) is 16.2. The summed E-state index contributed by atoms with van der Waals surface area (Å²) in [7, 11) is 0. The van der Waals surface area contributed by atoms with Gasteiger partial charge in [0.2, 0.25) is 0 Å². The Bertz CT molecular complexity index is 992. The Balaban J connectivity index is 1.76. The van der Waals surface area contributed by atoms with Crippen molar-refractivity contribution in [3.8, 4) is 0 Å². The van der Waals surface area contributed by atoms with Gasteiger partial charge in [-0.2, -0.15) is 0 Å². The first-order valence-corrected chi connectivity index (χ1v) is 9.33. The minimum Gasteiger partial charge on any atom is -0.346 e. The molecule has 0 bridgehead atoms. The van der Waals surface area contributed by atoms with Crippen LogP contribution in [0.1, 0.15) is 50.4 Å². The van der Waals surface area contributed by atoms with E-state index in [-0.39, 0.29) is 11.9 Å². The van der Waals surface area contributed by atoms with Gasteiger partial charge in [-0.25, -0.2) is 0 Å². The van der Waals surface area contributed by atoms with E-state index in [2.05, 4.69) is 5.32 Å². The highest BCUT2D eigenvalue weighted by atomic mass is 35.5. The Kier molecular flexibility index (Phi) is 6.41. The van der Waals surface area contributed by atoms with Crippen molar-refractivity contribution in [2.45, 2.75) is 13.0 Å². The molecular weight excluding hydrogens is 370 g/mol. The molecule has 0 aromatic heterocycles. The Morgan fingerprint density at radius 2 is 1.54 bits per heavy atom. The molecule has 0 spiro atoms. The largest absolute Gasteiger partial charge is 0.346 e. The number of nitrogens with one attached hydrogen (secondary N) is 1. The standard InChI is InChI=1S/C24H20ClNO2/c1-17(20-11-7-19(16-27)8-12-20)26-24(28)23-5-3-2-4-21(23)13-6-18-9-14-22(25)15-10-18/h2-17H,1H3,(H,26,28)/b13-6+. The SMILES string of the molecule is CC(NC(=O)c1ccccc1/C=C/c1ccc(Cl)cc1)c1ccc(C=O)cc1. The topological polar surface area (TPSA) is 46.2 Å². The zero-order chi connectivity index (χ0) is 19.9. The van der Waals surface area contributed by atoms with E-state index in [0.717, 1.165) is 23.0 Å². The molecule has 0 aliphatic rings. The third-order valence-corrected chi connectivity index (χ3v) is 4.70. The van der Waals surface area contributed by atoms with Gasteiger partial charge in [-0.15, -0.1) is 0 Å². The molecule has 3 rings (SSSR count). The molecule has 1 unspecified atom stereocenters. The highest BCUT2D eigenvalue weighted by molar-refractivity contribution is 6.30. The molecule has 1 N–H and O–H groups in total. The number of amides is 1. The van der Waals surface area contributed by atoms with Gasteiger partial charge in [0.05, 0.1) is 6.04 Å². The molecular formula is C24H20ClNO2.